The van der Waals surface area contributed by atoms with Gasteiger partial charge in [0, 0.05) is 61.0 Å². The molecule has 3 aromatic carbocycles. The third kappa shape index (κ3) is 4.32. The standard InChI is InChI=1S/C29H32N2O4/c1-7-31-18(2)24(15-19-11-12-20(30(3)4)16-25(19)29(32)33)28-23(9-8-10-26(28)31)22-14-13-21(34-5)17-27(22)35-6/h8-14,16-17H,7,15H2,1-6H3,(H,32,33). The summed E-state index contributed by atoms with van der Waals surface area (Å²) in [4.78, 5) is 14.1. The van der Waals surface area contributed by atoms with E-state index in [1.807, 2.05) is 49.3 Å². The number of carbonyl (C=O) groups is 1. The van der Waals surface area contributed by atoms with E-state index in [4.69, 9.17) is 9.47 Å². The number of methoxy groups -OCH3 is 2. The summed E-state index contributed by atoms with van der Waals surface area (Å²) in [6.45, 7) is 5.06. The summed E-state index contributed by atoms with van der Waals surface area (Å²) in [6, 6.07) is 17.8. The number of anilines is 1. The first-order valence-corrected chi connectivity index (χ1v) is 11.7. The van der Waals surface area contributed by atoms with Crippen molar-refractivity contribution in [2.45, 2.75) is 26.8 Å². The molecule has 0 fully saturated rings. The molecule has 4 rings (SSSR count). The van der Waals surface area contributed by atoms with Crippen molar-refractivity contribution >= 4 is 22.6 Å². The highest BCUT2D eigenvalue weighted by Crippen LogP contribution is 2.41. The second kappa shape index (κ2) is 9.74. The van der Waals surface area contributed by atoms with Crippen molar-refractivity contribution in [2.75, 3.05) is 33.2 Å². The minimum absolute atomic E-state index is 0.326. The molecular formula is C29H32N2O4. The van der Waals surface area contributed by atoms with Gasteiger partial charge in [-0.15, -0.1) is 0 Å². The molecule has 0 aliphatic carbocycles. The molecule has 1 aromatic heterocycles. The Bertz CT molecular complexity index is 1400. The maximum atomic E-state index is 12.2. The van der Waals surface area contributed by atoms with Crippen LogP contribution in [0.3, 0.4) is 0 Å². The largest absolute Gasteiger partial charge is 0.497 e. The smallest absolute Gasteiger partial charge is 0.336 e. The van der Waals surface area contributed by atoms with E-state index in [0.29, 0.717) is 12.0 Å². The molecule has 6 heteroatoms. The molecule has 0 aliphatic rings. The van der Waals surface area contributed by atoms with Crippen LogP contribution in [-0.4, -0.2) is 44.0 Å². The molecule has 1 heterocycles. The molecule has 35 heavy (non-hydrogen) atoms. The zero-order valence-corrected chi connectivity index (χ0v) is 21.2. The van der Waals surface area contributed by atoms with Crippen molar-refractivity contribution in [2.24, 2.45) is 0 Å². The molecule has 0 bridgehead atoms. The predicted octanol–water partition coefficient (Wildman–Crippen LogP) is 6.01. The molecule has 0 radical (unpaired) electrons. The summed E-state index contributed by atoms with van der Waals surface area (Å²) in [7, 11) is 7.12. The van der Waals surface area contributed by atoms with Crippen LogP contribution in [0.4, 0.5) is 5.69 Å². The van der Waals surface area contributed by atoms with Crippen molar-refractivity contribution in [3.05, 3.63) is 77.0 Å². The summed E-state index contributed by atoms with van der Waals surface area (Å²) in [5.74, 6) is 0.538. The number of rotatable bonds is 8. The zero-order chi connectivity index (χ0) is 25.3. The number of ether oxygens (including phenoxy) is 2. The SMILES string of the molecule is CCn1c(C)c(Cc2ccc(N(C)C)cc2C(=O)O)c2c(-c3ccc(OC)cc3OC)cccc21. The summed E-state index contributed by atoms with van der Waals surface area (Å²) < 4.78 is 13.4. The maximum Gasteiger partial charge on any atom is 0.336 e. The van der Waals surface area contributed by atoms with Crippen LogP contribution >= 0.6 is 0 Å². The highest BCUT2D eigenvalue weighted by molar-refractivity contribution is 6.01. The van der Waals surface area contributed by atoms with Crippen LogP contribution in [0.2, 0.25) is 0 Å². The van der Waals surface area contributed by atoms with Gasteiger partial charge in [0.15, 0.2) is 0 Å². The lowest BCUT2D eigenvalue weighted by molar-refractivity contribution is 0.0696. The number of carboxylic acids is 1. The maximum absolute atomic E-state index is 12.2. The molecule has 0 saturated heterocycles. The number of aromatic nitrogens is 1. The second-order valence-electron chi connectivity index (χ2n) is 8.79. The van der Waals surface area contributed by atoms with E-state index >= 15 is 0 Å². The Morgan fingerprint density at radius 2 is 1.77 bits per heavy atom. The van der Waals surface area contributed by atoms with Gasteiger partial charge in [0.05, 0.1) is 19.8 Å². The zero-order valence-electron chi connectivity index (χ0n) is 21.2. The van der Waals surface area contributed by atoms with Crippen LogP contribution in [0.25, 0.3) is 22.0 Å². The molecular weight excluding hydrogens is 440 g/mol. The normalized spacial score (nSPS) is 11.0. The summed E-state index contributed by atoms with van der Waals surface area (Å²) in [5.41, 5.74) is 7.37. The minimum atomic E-state index is -0.919. The molecule has 0 aliphatic heterocycles. The Balaban J connectivity index is 1.97. The van der Waals surface area contributed by atoms with Crippen molar-refractivity contribution < 1.29 is 19.4 Å². The topological polar surface area (TPSA) is 63.9 Å². The number of aryl methyl sites for hydroxylation is 1. The van der Waals surface area contributed by atoms with E-state index in [2.05, 4.69) is 36.6 Å². The molecule has 0 unspecified atom stereocenters. The third-order valence-corrected chi connectivity index (χ3v) is 6.70. The molecule has 0 saturated carbocycles. The molecule has 182 valence electrons. The summed E-state index contributed by atoms with van der Waals surface area (Å²) in [6.07, 6.45) is 0.514. The number of benzene rings is 3. The third-order valence-electron chi connectivity index (χ3n) is 6.70. The van der Waals surface area contributed by atoms with E-state index in [-0.39, 0.29) is 0 Å². The van der Waals surface area contributed by atoms with Gasteiger partial charge in [-0.25, -0.2) is 4.79 Å². The average Bonchev–Trinajstić information content (AvgIpc) is 3.13. The first kappa shape index (κ1) is 24.2. The van der Waals surface area contributed by atoms with Crippen molar-refractivity contribution in [3.63, 3.8) is 0 Å². The van der Waals surface area contributed by atoms with Gasteiger partial charge in [0.1, 0.15) is 11.5 Å². The molecule has 0 spiro atoms. The molecule has 1 N–H and O–H groups in total. The van der Waals surface area contributed by atoms with E-state index < -0.39 is 5.97 Å². The second-order valence-corrected chi connectivity index (χ2v) is 8.79. The van der Waals surface area contributed by atoms with Crippen molar-refractivity contribution in [1.29, 1.82) is 0 Å². The summed E-state index contributed by atoms with van der Waals surface area (Å²) in [5, 5.41) is 11.1. The van der Waals surface area contributed by atoms with E-state index in [9.17, 15) is 9.90 Å². The lowest BCUT2D eigenvalue weighted by Gasteiger charge is -2.16. The lowest BCUT2D eigenvalue weighted by atomic mass is 9.93. The average molecular weight is 473 g/mol. The molecule has 4 aromatic rings. The number of nitrogens with zero attached hydrogens (tertiary/aromatic N) is 2. The van der Waals surface area contributed by atoms with Gasteiger partial charge in [-0.3, -0.25) is 0 Å². The number of carboxylic acid groups (broad SMARTS) is 1. The Kier molecular flexibility index (Phi) is 6.74. The minimum Gasteiger partial charge on any atom is -0.497 e. The molecule has 0 atom stereocenters. The monoisotopic (exact) mass is 472 g/mol. The van der Waals surface area contributed by atoms with Gasteiger partial charge in [0.2, 0.25) is 0 Å². The van der Waals surface area contributed by atoms with Gasteiger partial charge < -0.3 is 24.0 Å². The quantitative estimate of drug-likeness (QED) is 0.340. The van der Waals surface area contributed by atoms with Crippen molar-refractivity contribution in [1.82, 2.24) is 4.57 Å². The number of hydrogen-bond donors (Lipinski definition) is 1. The van der Waals surface area contributed by atoms with Gasteiger partial charge in [-0.1, -0.05) is 18.2 Å². The Morgan fingerprint density at radius 3 is 2.40 bits per heavy atom. The lowest BCUT2D eigenvalue weighted by Crippen LogP contribution is -2.11. The Hall–Kier alpha value is -3.93. The number of hydrogen-bond acceptors (Lipinski definition) is 4. The highest BCUT2D eigenvalue weighted by Gasteiger charge is 2.21. The van der Waals surface area contributed by atoms with Crippen LogP contribution in [0.15, 0.2) is 54.6 Å². The van der Waals surface area contributed by atoms with Crippen molar-refractivity contribution in [3.8, 4) is 22.6 Å². The van der Waals surface area contributed by atoms with Gasteiger partial charge in [-0.2, -0.15) is 0 Å². The summed E-state index contributed by atoms with van der Waals surface area (Å²) >= 11 is 0. The fourth-order valence-electron chi connectivity index (χ4n) is 4.86. The molecule has 6 nitrogen and oxygen atoms in total. The Morgan fingerprint density at radius 1 is 1.00 bits per heavy atom. The van der Waals surface area contributed by atoms with Crippen LogP contribution in [0.5, 0.6) is 11.5 Å². The van der Waals surface area contributed by atoms with Crippen LogP contribution in [-0.2, 0) is 13.0 Å². The van der Waals surface area contributed by atoms with E-state index in [1.165, 1.54) is 0 Å². The van der Waals surface area contributed by atoms with E-state index in [1.54, 1.807) is 20.3 Å². The predicted molar refractivity (Wildman–Crippen MR) is 141 cm³/mol. The Labute approximate surface area is 206 Å². The fraction of sp³-hybridized carbons (Fsp3) is 0.276. The number of fused-ring (bicyclic) bond motifs is 1. The number of aromatic carboxylic acids is 1. The molecule has 0 amide bonds. The highest BCUT2D eigenvalue weighted by atomic mass is 16.5. The van der Waals surface area contributed by atoms with Gasteiger partial charge in [-0.05, 0) is 60.9 Å². The van der Waals surface area contributed by atoms with Crippen LogP contribution in [0, 0.1) is 6.92 Å². The fourth-order valence-corrected chi connectivity index (χ4v) is 4.86. The van der Waals surface area contributed by atoms with E-state index in [0.717, 1.165) is 62.6 Å². The first-order chi connectivity index (χ1) is 16.8. The van der Waals surface area contributed by atoms with Gasteiger partial charge in [0.25, 0.3) is 0 Å². The van der Waals surface area contributed by atoms with Crippen LogP contribution in [0.1, 0.15) is 34.1 Å². The first-order valence-electron chi connectivity index (χ1n) is 11.7. The van der Waals surface area contributed by atoms with Crippen LogP contribution < -0.4 is 14.4 Å². The van der Waals surface area contributed by atoms with Gasteiger partial charge >= 0.3 is 5.97 Å².